The second-order valence-electron chi connectivity index (χ2n) is 10.5. The van der Waals surface area contributed by atoms with E-state index in [1.54, 1.807) is 6.20 Å². The molecule has 1 aliphatic rings. The lowest BCUT2D eigenvalue weighted by Gasteiger charge is -2.22. The standard InChI is InChI=1S/C30H41ClN4/c1-21-16-29(32)34-22(2)30(21)35-27-12-8-4-3-6-10-23(11-7-5-9-13-27)17-24-14-15-28-25(18-24)19-26(31)20-33-28/h14-16,18-20,23,27,35H,3-13,17H2,1-2H3,(H2,32,34). The predicted molar refractivity (Wildman–Crippen MR) is 150 cm³/mol. The van der Waals surface area contributed by atoms with Crippen LogP contribution in [0.1, 0.15) is 87.4 Å². The molecule has 1 aliphatic carbocycles. The molecule has 1 aromatic carbocycles. The maximum Gasteiger partial charge on any atom is 0.124 e. The molecule has 35 heavy (non-hydrogen) atoms. The molecule has 188 valence electrons. The number of fused-ring (bicyclic) bond motifs is 1. The summed E-state index contributed by atoms with van der Waals surface area (Å²) in [5.74, 6) is 1.37. The van der Waals surface area contributed by atoms with Gasteiger partial charge in [0.15, 0.2) is 0 Å². The molecule has 1 saturated carbocycles. The highest BCUT2D eigenvalue weighted by Crippen LogP contribution is 2.28. The monoisotopic (exact) mass is 492 g/mol. The van der Waals surface area contributed by atoms with Crippen LogP contribution in [-0.4, -0.2) is 16.0 Å². The third-order valence-corrected chi connectivity index (χ3v) is 7.79. The van der Waals surface area contributed by atoms with Gasteiger partial charge < -0.3 is 11.1 Å². The zero-order valence-electron chi connectivity index (χ0n) is 21.5. The van der Waals surface area contributed by atoms with E-state index in [0.717, 1.165) is 28.9 Å². The fourth-order valence-electron chi connectivity index (χ4n) is 5.71. The van der Waals surface area contributed by atoms with E-state index in [2.05, 4.69) is 47.3 Å². The molecule has 2 unspecified atom stereocenters. The Bertz CT molecular complexity index is 1090. The molecule has 3 aromatic rings. The summed E-state index contributed by atoms with van der Waals surface area (Å²) in [6.07, 6.45) is 17.2. The topological polar surface area (TPSA) is 63.8 Å². The molecule has 0 bridgehead atoms. The number of hydrogen-bond donors (Lipinski definition) is 2. The SMILES string of the molecule is Cc1cc(N)nc(C)c1NC1CCCCCCC(Cc2ccc3ncc(Cl)cc3c2)CCCCC1. The molecule has 0 amide bonds. The quantitative estimate of drug-likeness (QED) is 0.383. The first-order valence-electron chi connectivity index (χ1n) is 13.5. The zero-order chi connectivity index (χ0) is 24.6. The molecule has 4 rings (SSSR count). The number of aromatic nitrogens is 2. The van der Waals surface area contributed by atoms with Crippen LogP contribution >= 0.6 is 11.6 Å². The zero-order valence-corrected chi connectivity index (χ0v) is 22.2. The Morgan fingerprint density at radius 1 is 0.914 bits per heavy atom. The lowest BCUT2D eigenvalue weighted by atomic mass is 9.88. The molecular formula is C30H41ClN4. The molecular weight excluding hydrogens is 452 g/mol. The lowest BCUT2D eigenvalue weighted by molar-refractivity contribution is 0.405. The minimum Gasteiger partial charge on any atom is -0.384 e. The van der Waals surface area contributed by atoms with Crippen LogP contribution in [0.2, 0.25) is 5.02 Å². The van der Waals surface area contributed by atoms with Crippen LogP contribution in [0.5, 0.6) is 0 Å². The number of aryl methyl sites for hydroxylation is 2. The molecule has 4 nitrogen and oxygen atoms in total. The van der Waals surface area contributed by atoms with E-state index in [-0.39, 0.29) is 0 Å². The predicted octanol–water partition coefficient (Wildman–Crippen LogP) is 8.43. The highest BCUT2D eigenvalue weighted by atomic mass is 35.5. The molecule has 0 radical (unpaired) electrons. The van der Waals surface area contributed by atoms with Crippen molar-refractivity contribution < 1.29 is 0 Å². The smallest absolute Gasteiger partial charge is 0.124 e. The molecule has 2 heterocycles. The van der Waals surface area contributed by atoms with Gasteiger partial charge in [0.2, 0.25) is 0 Å². The number of nitrogen functional groups attached to an aromatic ring is 1. The third kappa shape index (κ3) is 7.57. The van der Waals surface area contributed by atoms with Gasteiger partial charge in [0, 0.05) is 17.6 Å². The average molecular weight is 493 g/mol. The van der Waals surface area contributed by atoms with Crippen molar-refractivity contribution >= 4 is 34.0 Å². The Kier molecular flexibility index (Phi) is 9.25. The Hall–Kier alpha value is -2.33. The molecule has 3 N–H and O–H groups in total. The summed E-state index contributed by atoms with van der Waals surface area (Å²) in [5.41, 5.74) is 11.8. The van der Waals surface area contributed by atoms with Crippen molar-refractivity contribution in [2.75, 3.05) is 11.1 Å². The molecule has 0 saturated heterocycles. The third-order valence-electron chi connectivity index (χ3n) is 7.58. The van der Waals surface area contributed by atoms with E-state index >= 15 is 0 Å². The number of nitrogens with two attached hydrogens (primary N) is 1. The fraction of sp³-hybridized carbons (Fsp3) is 0.533. The highest BCUT2D eigenvalue weighted by molar-refractivity contribution is 6.31. The minimum absolute atomic E-state index is 0.521. The largest absolute Gasteiger partial charge is 0.384 e. The van der Waals surface area contributed by atoms with Crippen LogP contribution in [0.25, 0.3) is 10.9 Å². The first-order valence-corrected chi connectivity index (χ1v) is 13.9. The van der Waals surface area contributed by atoms with Crippen LogP contribution in [0.3, 0.4) is 0 Å². The maximum atomic E-state index is 6.18. The van der Waals surface area contributed by atoms with E-state index < -0.39 is 0 Å². The van der Waals surface area contributed by atoms with Gasteiger partial charge in [-0.1, -0.05) is 75.5 Å². The van der Waals surface area contributed by atoms with E-state index in [1.165, 1.54) is 87.4 Å². The van der Waals surface area contributed by atoms with Crippen molar-refractivity contribution in [1.29, 1.82) is 0 Å². The van der Waals surface area contributed by atoms with Gasteiger partial charge in [-0.25, -0.2) is 4.98 Å². The number of benzene rings is 1. The Balaban J connectivity index is 1.34. The molecule has 1 fully saturated rings. The Labute approximate surface area is 216 Å². The van der Waals surface area contributed by atoms with Crippen molar-refractivity contribution in [1.82, 2.24) is 9.97 Å². The van der Waals surface area contributed by atoms with Crippen LogP contribution in [0, 0.1) is 19.8 Å². The summed E-state index contributed by atoms with van der Waals surface area (Å²) in [6, 6.07) is 11.2. The number of anilines is 2. The van der Waals surface area contributed by atoms with E-state index in [4.69, 9.17) is 17.3 Å². The summed E-state index contributed by atoms with van der Waals surface area (Å²) in [6.45, 7) is 4.19. The second-order valence-corrected chi connectivity index (χ2v) is 11.0. The number of rotatable bonds is 4. The van der Waals surface area contributed by atoms with Gasteiger partial charge in [-0.05, 0) is 74.4 Å². The van der Waals surface area contributed by atoms with E-state index in [1.807, 2.05) is 12.1 Å². The molecule has 0 spiro atoms. The number of pyridine rings is 2. The van der Waals surface area contributed by atoms with Crippen LogP contribution in [0.15, 0.2) is 36.5 Å². The summed E-state index contributed by atoms with van der Waals surface area (Å²) in [7, 11) is 0. The van der Waals surface area contributed by atoms with Crippen molar-refractivity contribution in [2.24, 2.45) is 5.92 Å². The number of nitrogens with zero attached hydrogens (tertiary/aromatic N) is 2. The first-order chi connectivity index (χ1) is 17.0. The van der Waals surface area contributed by atoms with Gasteiger partial charge in [0.1, 0.15) is 5.82 Å². The number of hydrogen-bond acceptors (Lipinski definition) is 4. The van der Waals surface area contributed by atoms with Gasteiger partial charge in [0.05, 0.1) is 21.9 Å². The fourth-order valence-corrected chi connectivity index (χ4v) is 5.88. The summed E-state index contributed by atoms with van der Waals surface area (Å²) < 4.78 is 0. The van der Waals surface area contributed by atoms with Gasteiger partial charge >= 0.3 is 0 Å². The van der Waals surface area contributed by atoms with Gasteiger partial charge in [0.25, 0.3) is 0 Å². The van der Waals surface area contributed by atoms with Gasteiger partial charge in [-0.2, -0.15) is 0 Å². The first kappa shape index (κ1) is 25.8. The average Bonchev–Trinajstić information content (AvgIpc) is 2.83. The molecule has 2 atom stereocenters. The van der Waals surface area contributed by atoms with Crippen LogP contribution in [-0.2, 0) is 6.42 Å². The maximum absolute atomic E-state index is 6.18. The van der Waals surface area contributed by atoms with Crippen LogP contribution in [0.4, 0.5) is 11.5 Å². The summed E-state index contributed by atoms with van der Waals surface area (Å²) in [4.78, 5) is 8.93. The number of halogens is 1. The van der Waals surface area contributed by atoms with E-state index in [9.17, 15) is 0 Å². The molecule has 5 heteroatoms. The Morgan fingerprint density at radius 2 is 1.60 bits per heavy atom. The van der Waals surface area contributed by atoms with Crippen molar-refractivity contribution in [3.63, 3.8) is 0 Å². The Morgan fingerprint density at radius 3 is 2.31 bits per heavy atom. The molecule has 2 aromatic heterocycles. The summed E-state index contributed by atoms with van der Waals surface area (Å²) in [5, 5.41) is 5.70. The molecule has 0 aliphatic heterocycles. The van der Waals surface area contributed by atoms with Crippen molar-refractivity contribution in [2.45, 2.75) is 96.9 Å². The normalized spacial score (nSPS) is 20.5. The van der Waals surface area contributed by atoms with Crippen molar-refractivity contribution in [3.05, 3.63) is 58.4 Å². The number of nitrogens with one attached hydrogen (secondary N) is 1. The highest BCUT2D eigenvalue weighted by Gasteiger charge is 2.15. The minimum atomic E-state index is 0.521. The van der Waals surface area contributed by atoms with Crippen molar-refractivity contribution in [3.8, 4) is 0 Å². The van der Waals surface area contributed by atoms with E-state index in [0.29, 0.717) is 16.9 Å². The lowest BCUT2D eigenvalue weighted by Crippen LogP contribution is -2.21. The van der Waals surface area contributed by atoms with Gasteiger partial charge in [-0.15, -0.1) is 0 Å². The summed E-state index contributed by atoms with van der Waals surface area (Å²) >= 11 is 6.18. The van der Waals surface area contributed by atoms with Gasteiger partial charge in [-0.3, -0.25) is 4.98 Å². The van der Waals surface area contributed by atoms with Crippen LogP contribution < -0.4 is 11.1 Å². The second kappa shape index (κ2) is 12.6.